The first-order valence-electron chi connectivity index (χ1n) is 6.27. The molecule has 0 aliphatic carbocycles. The number of hydrogen-bond donors (Lipinski definition) is 2. The lowest BCUT2D eigenvalue weighted by atomic mass is 9.78. The Hall–Kier alpha value is -1.32. The van der Waals surface area contributed by atoms with Crippen LogP contribution >= 0.6 is 0 Å². The molecule has 4 nitrogen and oxygen atoms in total. The molecule has 0 bridgehead atoms. The molecule has 0 aliphatic heterocycles. The Morgan fingerprint density at radius 2 is 1.67 bits per heavy atom. The van der Waals surface area contributed by atoms with Crippen LogP contribution in [0.5, 0.6) is 0 Å². The number of carbonyl (C=O) groups excluding carboxylic acids is 2. The summed E-state index contributed by atoms with van der Waals surface area (Å²) < 4.78 is 0. The average molecular weight is 258 g/mol. The maximum Gasteiger partial charge on any atom is 0.223 e. The molecule has 108 valence electrons. The fourth-order valence-corrected chi connectivity index (χ4v) is 1.17. The van der Waals surface area contributed by atoms with Crippen LogP contribution in [0.3, 0.4) is 0 Å². The molecule has 0 rings (SSSR count). The standard InChI is InChI=1S/C9H18N2O2.C3H6.C2H6/c1-9(2,3)6(5-7(10)12)8(13)11-4;1-3-2;1-2/h6H,5H2,1-4H3,(H2,10,12)(H,11,13);3H,1H2,2H3;1-2H3. The van der Waals surface area contributed by atoms with Gasteiger partial charge >= 0.3 is 0 Å². The lowest BCUT2D eigenvalue weighted by Crippen LogP contribution is -2.38. The molecule has 0 aromatic heterocycles. The third kappa shape index (κ3) is 12.7. The first-order chi connectivity index (χ1) is 8.20. The van der Waals surface area contributed by atoms with Crippen molar-refractivity contribution in [2.24, 2.45) is 17.1 Å². The lowest BCUT2D eigenvalue weighted by molar-refractivity contribution is -0.132. The number of nitrogens with one attached hydrogen (secondary N) is 1. The van der Waals surface area contributed by atoms with Gasteiger partial charge in [0.15, 0.2) is 0 Å². The van der Waals surface area contributed by atoms with Crippen molar-refractivity contribution in [2.45, 2.75) is 48.0 Å². The molecule has 18 heavy (non-hydrogen) atoms. The largest absolute Gasteiger partial charge is 0.370 e. The van der Waals surface area contributed by atoms with Gasteiger partial charge in [0.2, 0.25) is 11.8 Å². The van der Waals surface area contributed by atoms with E-state index in [2.05, 4.69) is 11.9 Å². The van der Waals surface area contributed by atoms with E-state index in [9.17, 15) is 9.59 Å². The summed E-state index contributed by atoms with van der Waals surface area (Å²) in [6, 6.07) is 0. The first kappa shape index (κ1) is 21.9. The molecule has 0 aromatic rings. The van der Waals surface area contributed by atoms with E-state index in [0.29, 0.717) is 0 Å². The van der Waals surface area contributed by atoms with Crippen LogP contribution < -0.4 is 11.1 Å². The molecule has 4 heteroatoms. The second kappa shape index (κ2) is 12.1. The minimum Gasteiger partial charge on any atom is -0.370 e. The number of allylic oxidation sites excluding steroid dienone is 1. The fourth-order valence-electron chi connectivity index (χ4n) is 1.17. The minimum absolute atomic E-state index is 0.100. The topological polar surface area (TPSA) is 72.2 Å². The summed E-state index contributed by atoms with van der Waals surface area (Å²) in [5.74, 6) is -0.926. The van der Waals surface area contributed by atoms with E-state index in [0.717, 1.165) is 0 Å². The SMILES string of the molecule is C=CC.CC.CNC(=O)C(CC(N)=O)C(C)(C)C. The number of primary amides is 1. The summed E-state index contributed by atoms with van der Waals surface area (Å²) in [5, 5.41) is 2.53. The Morgan fingerprint density at radius 3 is 1.83 bits per heavy atom. The smallest absolute Gasteiger partial charge is 0.223 e. The van der Waals surface area contributed by atoms with E-state index in [4.69, 9.17) is 5.73 Å². The Bertz CT molecular complexity index is 243. The van der Waals surface area contributed by atoms with Crippen molar-refractivity contribution in [3.63, 3.8) is 0 Å². The molecule has 0 saturated carbocycles. The van der Waals surface area contributed by atoms with Crippen LogP contribution in [-0.2, 0) is 9.59 Å². The van der Waals surface area contributed by atoms with Gasteiger partial charge in [0, 0.05) is 13.5 Å². The van der Waals surface area contributed by atoms with Gasteiger partial charge in [0.1, 0.15) is 0 Å². The van der Waals surface area contributed by atoms with E-state index in [1.165, 1.54) is 0 Å². The molecule has 0 spiro atoms. The van der Waals surface area contributed by atoms with Crippen LogP contribution in [-0.4, -0.2) is 18.9 Å². The summed E-state index contributed by atoms with van der Waals surface area (Å²) >= 11 is 0. The second-order valence-corrected chi connectivity index (χ2v) is 4.61. The minimum atomic E-state index is -0.441. The van der Waals surface area contributed by atoms with Crippen LogP contribution in [0.15, 0.2) is 12.7 Å². The van der Waals surface area contributed by atoms with Gasteiger partial charge in [-0.3, -0.25) is 9.59 Å². The van der Waals surface area contributed by atoms with Crippen LogP contribution in [0, 0.1) is 11.3 Å². The zero-order chi connectivity index (χ0) is 15.4. The first-order valence-corrected chi connectivity index (χ1v) is 6.27. The van der Waals surface area contributed by atoms with Crippen molar-refractivity contribution >= 4 is 11.8 Å². The molecule has 0 heterocycles. The molecule has 2 amide bonds. The van der Waals surface area contributed by atoms with Crippen LogP contribution in [0.25, 0.3) is 0 Å². The van der Waals surface area contributed by atoms with Crippen LogP contribution in [0.1, 0.15) is 48.0 Å². The fraction of sp³-hybridized carbons (Fsp3) is 0.714. The van der Waals surface area contributed by atoms with Gasteiger partial charge in [0.05, 0.1) is 5.92 Å². The Balaban J connectivity index is -0.000000389. The molecule has 1 atom stereocenters. The number of nitrogens with two attached hydrogens (primary N) is 1. The summed E-state index contributed by atoms with van der Waals surface area (Å²) in [6.45, 7) is 15.0. The molecule has 0 aliphatic rings. The summed E-state index contributed by atoms with van der Waals surface area (Å²) in [5.41, 5.74) is 4.82. The van der Waals surface area contributed by atoms with Gasteiger partial charge in [-0.1, -0.05) is 40.7 Å². The maximum absolute atomic E-state index is 11.4. The van der Waals surface area contributed by atoms with E-state index in [-0.39, 0.29) is 23.7 Å². The van der Waals surface area contributed by atoms with Crippen molar-refractivity contribution in [2.75, 3.05) is 7.05 Å². The number of carbonyl (C=O) groups is 2. The van der Waals surface area contributed by atoms with E-state index in [1.807, 2.05) is 41.5 Å². The number of rotatable bonds is 3. The molecular weight excluding hydrogens is 228 g/mol. The highest BCUT2D eigenvalue weighted by molar-refractivity contribution is 5.85. The van der Waals surface area contributed by atoms with E-state index >= 15 is 0 Å². The van der Waals surface area contributed by atoms with E-state index < -0.39 is 5.91 Å². The molecule has 3 N–H and O–H groups in total. The van der Waals surface area contributed by atoms with Crippen molar-refractivity contribution in [3.05, 3.63) is 12.7 Å². The summed E-state index contributed by atoms with van der Waals surface area (Å²) in [7, 11) is 1.56. The zero-order valence-corrected chi connectivity index (χ0v) is 13.0. The third-order valence-electron chi connectivity index (χ3n) is 2.01. The molecule has 1 unspecified atom stereocenters. The highest BCUT2D eigenvalue weighted by atomic mass is 16.2. The molecule has 0 radical (unpaired) electrons. The van der Waals surface area contributed by atoms with Crippen molar-refractivity contribution < 1.29 is 9.59 Å². The maximum atomic E-state index is 11.4. The highest BCUT2D eigenvalue weighted by Crippen LogP contribution is 2.28. The van der Waals surface area contributed by atoms with Gasteiger partial charge in [-0.2, -0.15) is 0 Å². The van der Waals surface area contributed by atoms with Crippen LogP contribution in [0.2, 0.25) is 0 Å². The predicted octanol–water partition coefficient (Wildman–Crippen LogP) is 2.49. The van der Waals surface area contributed by atoms with Gasteiger partial charge in [-0.15, -0.1) is 6.58 Å². The third-order valence-corrected chi connectivity index (χ3v) is 2.01. The van der Waals surface area contributed by atoms with E-state index in [1.54, 1.807) is 13.1 Å². The zero-order valence-electron chi connectivity index (χ0n) is 13.0. The van der Waals surface area contributed by atoms with Gasteiger partial charge in [-0.05, 0) is 12.3 Å². The van der Waals surface area contributed by atoms with Crippen LogP contribution in [0.4, 0.5) is 0 Å². The second-order valence-electron chi connectivity index (χ2n) is 4.61. The van der Waals surface area contributed by atoms with Crippen molar-refractivity contribution in [1.29, 1.82) is 0 Å². The molecule has 0 saturated heterocycles. The number of hydrogen-bond acceptors (Lipinski definition) is 2. The molecular formula is C14H30N2O2. The predicted molar refractivity (Wildman–Crippen MR) is 78.0 cm³/mol. The van der Waals surface area contributed by atoms with Gasteiger partial charge < -0.3 is 11.1 Å². The van der Waals surface area contributed by atoms with Crippen molar-refractivity contribution in [3.8, 4) is 0 Å². The molecule has 0 fully saturated rings. The average Bonchev–Trinajstić information content (AvgIpc) is 2.27. The van der Waals surface area contributed by atoms with Gasteiger partial charge in [0.25, 0.3) is 0 Å². The van der Waals surface area contributed by atoms with Gasteiger partial charge in [-0.25, -0.2) is 0 Å². The summed E-state index contributed by atoms with van der Waals surface area (Å²) in [6.07, 6.45) is 1.85. The Kier molecular flexibility index (Phi) is 14.8. The number of amides is 2. The quantitative estimate of drug-likeness (QED) is 0.763. The summed E-state index contributed by atoms with van der Waals surface area (Å²) in [4.78, 5) is 22.1. The monoisotopic (exact) mass is 258 g/mol. The Labute approximate surface area is 112 Å². The lowest BCUT2D eigenvalue weighted by Gasteiger charge is -2.27. The molecule has 0 aromatic carbocycles. The van der Waals surface area contributed by atoms with Crippen molar-refractivity contribution in [1.82, 2.24) is 5.32 Å². The normalized spacial score (nSPS) is 10.8. The highest BCUT2D eigenvalue weighted by Gasteiger charge is 2.31. The Morgan fingerprint density at radius 1 is 1.33 bits per heavy atom.